The first-order chi connectivity index (χ1) is 9.99. The molecule has 1 rings (SSSR count). The van der Waals surface area contributed by atoms with Crippen molar-refractivity contribution >= 4 is 30.7 Å². The number of amides is 1. The molecule has 0 aliphatic heterocycles. The lowest BCUT2D eigenvalue weighted by Crippen LogP contribution is -2.48. The molecule has 0 aromatic carbocycles. The zero-order chi connectivity index (χ0) is 15.8. The highest BCUT2D eigenvalue weighted by molar-refractivity contribution is 5.85. The van der Waals surface area contributed by atoms with Crippen molar-refractivity contribution in [3.05, 3.63) is 25.3 Å². The minimum atomic E-state index is 0. The first kappa shape index (κ1) is 24.7. The molecule has 0 radical (unpaired) electrons. The molecule has 23 heavy (non-hydrogen) atoms. The summed E-state index contributed by atoms with van der Waals surface area (Å²) in [5.41, 5.74) is 5.88. The van der Waals surface area contributed by atoms with Gasteiger partial charge in [-0.3, -0.25) is 9.69 Å². The summed E-state index contributed by atoms with van der Waals surface area (Å²) in [6.07, 6.45) is 6.50. The lowest BCUT2D eigenvalue weighted by atomic mass is 10.0. The summed E-state index contributed by atoms with van der Waals surface area (Å²) in [5, 5.41) is 3.12. The lowest BCUT2D eigenvalue weighted by molar-refractivity contribution is -0.125. The number of rotatable bonds is 9. The molecule has 0 heterocycles. The maximum atomic E-state index is 12.2. The van der Waals surface area contributed by atoms with Gasteiger partial charge in [-0.25, -0.2) is 0 Å². The fourth-order valence-electron chi connectivity index (χ4n) is 3.07. The maximum Gasteiger partial charge on any atom is 0.223 e. The molecule has 0 spiro atoms. The van der Waals surface area contributed by atoms with Gasteiger partial charge in [0.25, 0.3) is 0 Å². The Balaban J connectivity index is 0. The molecular formula is C17H33Cl2N3O. The van der Waals surface area contributed by atoms with Gasteiger partial charge in [-0.1, -0.05) is 26.0 Å². The van der Waals surface area contributed by atoms with Gasteiger partial charge in [-0.15, -0.1) is 38.0 Å². The van der Waals surface area contributed by atoms with Crippen LogP contribution in [0.2, 0.25) is 0 Å². The van der Waals surface area contributed by atoms with E-state index < -0.39 is 0 Å². The predicted molar refractivity (Wildman–Crippen MR) is 103 cm³/mol. The highest BCUT2D eigenvalue weighted by Gasteiger charge is 2.29. The molecule has 3 unspecified atom stereocenters. The Hall–Kier alpha value is -0.550. The summed E-state index contributed by atoms with van der Waals surface area (Å²) in [6, 6.07) is 0.486. The molecule has 3 atom stereocenters. The second-order valence-corrected chi connectivity index (χ2v) is 6.36. The Morgan fingerprint density at radius 1 is 1.26 bits per heavy atom. The average Bonchev–Trinajstić information content (AvgIpc) is 2.85. The Bertz CT molecular complexity index is 354. The number of carbonyl (C=O) groups excluding carboxylic acids is 1. The van der Waals surface area contributed by atoms with Crippen LogP contribution in [0.25, 0.3) is 0 Å². The second-order valence-electron chi connectivity index (χ2n) is 6.36. The van der Waals surface area contributed by atoms with Gasteiger partial charge >= 0.3 is 0 Å². The fourth-order valence-corrected chi connectivity index (χ4v) is 3.07. The van der Waals surface area contributed by atoms with Crippen molar-refractivity contribution in [3.63, 3.8) is 0 Å². The van der Waals surface area contributed by atoms with Crippen LogP contribution in [0.15, 0.2) is 25.3 Å². The lowest BCUT2D eigenvalue weighted by Gasteiger charge is -2.33. The van der Waals surface area contributed by atoms with Crippen LogP contribution in [0.1, 0.15) is 33.1 Å². The van der Waals surface area contributed by atoms with Crippen LogP contribution in [0.3, 0.4) is 0 Å². The quantitative estimate of drug-likeness (QED) is 0.617. The topological polar surface area (TPSA) is 58.4 Å². The van der Waals surface area contributed by atoms with E-state index in [2.05, 4.69) is 37.2 Å². The van der Waals surface area contributed by atoms with Crippen molar-refractivity contribution in [1.82, 2.24) is 10.2 Å². The summed E-state index contributed by atoms with van der Waals surface area (Å²) in [5.74, 6) is 0.710. The summed E-state index contributed by atoms with van der Waals surface area (Å²) in [4.78, 5) is 14.5. The molecule has 1 amide bonds. The van der Waals surface area contributed by atoms with E-state index in [-0.39, 0.29) is 42.7 Å². The molecule has 1 aliphatic carbocycles. The number of nitrogens with two attached hydrogens (primary N) is 1. The number of nitrogens with one attached hydrogen (secondary N) is 1. The highest BCUT2D eigenvalue weighted by atomic mass is 35.5. The highest BCUT2D eigenvalue weighted by Crippen LogP contribution is 2.24. The zero-order valence-electron chi connectivity index (χ0n) is 14.4. The first-order valence-electron chi connectivity index (χ1n) is 7.98. The zero-order valence-corrected chi connectivity index (χ0v) is 16.0. The number of halogens is 2. The Kier molecular flexibility index (Phi) is 13.8. The van der Waals surface area contributed by atoms with Gasteiger partial charge in [-0.2, -0.15) is 0 Å². The van der Waals surface area contributed by atoms with Gasteiger partial charge in [-0.05, 0) is 25.2 Å². The van der Waals surface area contributed by atoms with Crippen LogP contribution in [0.5, 0.6) is 0 Å². The number of nitrogens with zero attached hydrogens (tertiary/aromatic N) is 1. The summed E-state index contributed by atoms with van der Waals surface area (Å²) in [7, 11) is 0. The molecule has 0 bridgehead atoms. The van der Waals surface area contributed by atoms with Crippen LogP contribution in [0, 0.1) is 11.8 Å². The molecule has 136 valence electrons. The number of hydrogen-bond acceptors (Lipinski definition) is 3. The van der Waals surface area contributed by atoms with Crippen LogP contribution in [0.4, 0.5) is 0 Å². The third kappa shape index (κ3) is 8.20. The molecule has 0 aromatic heterocycles. The summed E-state index contributed by atoms with van der Waals surface area (Å²) < 4.78 is 0. The second kappa shape index (κ2) is 12.8. The molecule has 0 saturated heterocycles. The van der Waals surface area contributed by atoms with E-state index in [1.54, 1.807) is 0 Å². The van der Waals surface area contributed by atoms with Crippen molar-refractivity contribution in [2.75, 3.05) is 19.6 Å². The largest absolute Gasteiger partial charge is 0.354 e. The van der Waals surface area contributed by atoms with Crippen molar-refractivity contribution in [3.8, 4) is 0 Å². The minimum Gasteiger partial charge on any atom is -0.354 e. The Morgan fingerprint density at radius 3 is 2.22 bits per heavy atom. The maximum absolute atomic E-state index is 12.2. The van der Waals surface area contributed by atoms with E-state index in [0.717, 1.165) is 32.4 Å². The van der Waals surface area contributed by atoms with Crippen molar-refractivity contribution < 1.29 is 4.79 Å². The summed E-state index contributed by atoms with van der Waals surface area (Å²) >= 11 is 0. The standard InChI is InChI=1S/C17H31N3O.2ClH/c1-5-9-20(10-6-2)16(13(3)4)12-19-17(21)14-7-8-15(18)11-14;;/h5-6,13-16H,1-2,7-12,18H2,3-4H3,(H,19,21);2*1H. The van der Waals surface area contributed by atoms with E-state index in [9.17, 15) is 4.79 Å². The van der Waals surface area contributed by atoms with Crippen molar-refractivity contribution in [1.29, 1.82) is 0 Å². The fraction of sp³-hybridized carbons (Fsp3) is 0.706. The van der Waals surface area contributed by atoms with E-state index in [1.807, 2.05) is 12.2 Å². The molecule has 6 heteroatoms. The average molecular weight is 366 g/mol. The van der Waals surface area contributed by atoms with E-state index >= 15 is 0 Å². The third-order valence-electron chi connectivity index (χ3n) is 4.30. The van der Waals surface area contributed by atoms with Crippen LogP contribution >= 0.6 is 24.8 Å². The molecule has 0 aromatic rings. The van der Waals surface area contributed by atoms with Crippen molar-refractivity contribution in [2.24, 2.45) is 17.6 Å². The van der Waals surface area contributed by atoms with Gasteiger partial charge in [0.15, 0.2) is 0 Å². The molecular weight excluding hydrogens is 333 g/mol. The Morgan fingerprint density at radius 2 is 1.83 bits per heavy atom. The molecule has 3 N–H and O–H groups in total. The van der Waals surface area contributed by atoms with Gasteiger partial charge in [0.05, 0.1) is 0 Å². The summed E-state index contributed by atoms with van der Waals surface area (Å²) in [6.45, 7) is 14.3. The van der Waals surface area contributed by atoms with E-state index in [0.29, 0.717) is 18.5 Å². The smallest absolute Gasteiger partial charge is 0.223 e. The van der Waals surface area contributed by atoms with Crippen molar-refractivity contribution in [2.45, 2.75) is 45.2 Å². The number of carbonyl (C=O) groups is 1. The van der Waals surface area contributed by atoms with Gasteiger partial charge in [0, 0.05) is 37.6 Å². The molecule has 1 saturated carbocycles. The predicted octanol–water partition coefficient (Wildman–Crippen LogP) is 2.77. The van der Waals surface area contributed by atoms with E-state index in [4.69, 9.17) is 5.73 Å². The van der Waals surface area contributed by atoms with Crippen LogP contribution in [-0.2, 0) is 4.79 Å². The van der Waals surface area contributed by atoms with Gasteiger partial charge < -0.3 is 11.1 Å². The SMILES string of the molecule is C=CCN(CC=C)C(CNC(=O)C1CCC(N)C1)C(C)C.Cl.Cl. The van der Waals surface area contributed by atoms with Gasteiger partial charge in [0.2, 0.25) is 5.91 Å². The van der Waals surface area contributed by atoms with Gasteiger partial charge in [0.1, 0.15) is 0 Å². The Labute approximate surface area is 153 Å². The van der Waals surface area contributed by atoms with Crippen LogP contribution < -0.4 is 11.1 Å². The third-order valence-corrected chi connectivity index (χ3v) is 4.30. The minimum absolute atomic E-state index is 0. The molecule has 1 aliphatic rings. The first-order valence-corrected chi connectivity index (χ1v) is 7.98. The normalized spacial score (nSPS) is 21.3. The number of hydrogen-bond donors (Lipinski definition) is 2. The monoisotopic (exact) mass is 365 g/mol. The van der Waals surface area contributed by atoms with E-state index in [1.165, 1.54) is 0 Å². The molecule has 1 fully saturated rings. The van der Waals surface area contributed by atoms with Crippen LogP contribution in [-0.4, -0.2) is 42.5 Å². The molecule has 4 nitrogen and oxygen atoms in total.